The van der Waals surface area contributed by atoms with Crippen molar-refractivity contribution in [3.8, 4) is 0 Å². The molecule has 1 atom stereocenters. The molecule has 2 aliphatic heterocycles. The number of benzene rings is 1. The summed E-state index contributed by atoms with van der Waals surface area (Å²) in [6, 6.07) is 5.75. The topological polar surface area (TPSA) is 49.9 Å². The van der Waals surface area contributed by atoms with E-state index in [0.717, 1.165) is 38.9 Å². The van der Waals surface area contributed by atoms with Crippen molar-refractivity contribution in [1.29, 1.82) is 0 Å². The van der Waals surface area contributed by atoms with Crippen molar-refractivity contribution in [2.45, 2.75) is 51.2 Å². The molecule has 0 aromatic heterocycles. The normalized spacial score (nSPS) is 22.8. The van der Waals surface area contributed by atoms with Gasteiger partial charge < -0.3 is 14.5 Å². The third-order valence-electron chi connectivity index (χ3n) is 5.94. The van der Waals surface area contributed by atoms with Crippen molar-refractivity contribution in [2.24, 2.45) is 5.92 Å². The fourth-order valence-electron chi connectivity index (χ4n) is 4.21. The number of likely N-dealkylation sites (N-methyl/N-ethyl adjacent to an activating group) is 1. The number of carbonyl (C=O) groups excluding carboxylic acids is 2. The van der Waals surface area contributed by atoms with E-state index in [2.05, 4.69) is 4.90 Å². The molecule has 2 saturated heterocycles. The van der Waals surface area contributed by atoms with Crippen molar-refractivity contribution < 1.29 is 18.7 Å². The quantitative estimate of drug-likeness (QED) is 0.701. The highest BCUT2D eigenvalue weighted by Gasteiger charge is 2.46. The second-order valence-electron chi connectivity index (χ2n) is 8.54. The molecule has 6 heteroatoms. The van der Waals surface area contributed by atoms with Crippen LogP contribution in [0.25, 0.3) is 0 Å². The lowest BCUT2D eigenvalue weighted by Gasteiger charge is -2.49. The second kappa shape index (κ2) is 8.70. The average Bonchev–Trinajstić information content (AvgIpc) is 2.67. The molecule has 1 unspecified atom stereocenters. The molecule has 0 aliphatic carbocycles. The molecule has 1 aromatic rings. The lowest BCUT2D eigenvalue weighted by Crippen LogP contribution is -2.62. The summed E-state index contributed by atoms with van der Waals surface area (Å²) in [7, 11) is 1.87. The fraction of sp³-hybridized carbons (Fsp3) is 0.636. The highest BCUT2D eigenvalue weighted by Crippen LogP contribution is 2.34. The number of halogens is 1. The van der Waals surface area contributed by atoms with Crippen LogP contribution in [0, 0.1) is 11.7 Å². The maximum atomic E-state index is 13.0. The molecule has 2 fully saturated rings. The summed E-state index contributed by atoms with van der Waals surface area (Å²) in [5.74, 6) is -0.00947. The maximum Gasteiger partial charge on any atom is 0.251 e. The monoisotopic (exact) mass is 390 g/mol. The Labute approximate surface area is 166 Å². The molecular weight excluding hydrogens is 359 g/mol. The van der Waals surface area contributed by atoms with Crippen LogP contribution >= 0.6 is 0 Å². The highest BCUT2D eigenvalue weighted by molar-refractivity contribution is 5.95. The van der Waals surface area contributed by atoms with Gasteiger partial charge in [-0.1, -0.05) is 13.8 Å². The predicted molar refractivity (Wildman–Crippen MR) is 106 cm³/mol. The van der Waals surface area contributed by atoms with Crippen molar-refractivity contribution in [3.05, 3.63) is 35.6 Å². The molecule has 5 nitrogen and oxygen atoms in total. The van der Waals surface area contributed by atoms with Gasteiger partial charge in [0.1, 0.15) is 11.9 Å². The Kier molecular flexibility index (Phi) is 6.50. The third-order valence-corrected chi connectivity index (χ3v) is 5.94. The van der Waals surface area contributed by atoms with Crippen LogP contribution in [-0.4, -0.2) is 66.4 Å². The van der Waals surface area contributed by atoms with E-state index in [9.17, 15) is 14.0 Å². The van der Waals surface area contributed by atoms with Crippen LogP contribution in [0.15, 0.2) is 24.3 Å². The first-order valence-corrected chi connectivity index (χ1v) is 10.2. The zero-order valence-electron chi connectivity index (χ0n) is 17.1. The summed E-state index contributed by atoms with van der Waals surface area (Å²) in [4.78, 5) is 28.7. The van der Waals surface area contributed by atoms with E-state index in [-0.39, 0.29) is 35.1 Å². The number of carbonyl (C=O) groups is 2. The molecule has 0 saturated carbocycles. The van der Waals surface area contributed by atoms with E-state index in [1.807, 2.05) is 25.8 Å². The number of amides is 1. The van der Waals surface area contributed by atoms with Crippen LogP contribution in [0.4, 0.5) is 4.39 Å². The summed E-state index contributed by atoms with van der Waals surface area (Å²) in [6.45, 7) is 7.41. The van der Waals surface area contributed by atoms with Gasteiger partial charge in [-0.2, -0.15) is 0 Å². The molecule has 2 aliphatic rings. The number of ether oxygens (including phenoxy) is 1. The Morgan fingerprint density at radius 1 is 1.25 bits per heavy atom. The van der Waals surface area contributed by atoms with Crippen LogP contribution in [-0.2, 0) is 9.53 Å². The summed E-state index contributed by atoms with van der Waals surface area (Å²) in [5.41, 5.74) is 0.333. The summed E-state index contributed by atoms with van der Waals surface area (Å²) in [5, 5.41) is 0. The van der Waals surface area contributed by atoms with Crippen LogP contribution in [0.5, 0.6) is 0 Å². The number of likely N-dealkylation sites (tertiary alicyclic amines) is 1. The van der Waals surface area contributed by atoms with E-state index in [0.29, 0.717) is 18.5 Å². The van der Waals surface area contributed by atoms with E-state index in [4.69, 9.17) is 4.74 Å². The lowest BCUT2D eigenvalue weighted by atomic mass is 9.87. The number of piperidine rings is 1. The van der Waals surface area contributed by atoms with E-state index >= 15 is 0 Å². The molecule has 154 valence electrons. The highest BCUT2D eigenvalue weighted by atomic mass is 19.1. The number of rotatable bonds is 6. The zero-order chi connectivity index (χ0) is 20.3. The summed E-state index contributed by atoms with van der Waals surface area (Å²) >= 11 is 0. The first-order chi connectivity index (χ1) is 13.3. The molecule has 0 bridgehead atoms. The second-order valence-corrected chi connectivity index (χ2v) is 8.54. The first kappa shape index (κ1) is 20.9. The molecule has 1 amide bonds. The largest absolute Gasteiger partial charge is 0.360 e. The van der Waals surface area contributed by atoms with Gasteiger partial charge in [0.25, 0.3) is 5.91 Å². The first-order valence-electron chi connectivity index (χ1n) is 10.2. The van der Waals surface area contributed by atoms with Crippen LogP contribution in [0.3, 0.4) is 0 Å². The molecule has 1 spiro atoms. The van der Waals surface area contributed by atoms with Crippen LogP contribution < -0.4 is 0 Å². The van der Waals surface area contributed by atoms with Gasteiger partial charge in [-0.3, -0.25) is 9.59 Å². The minimum absolute atomic E-state index is 0.0593. The lowest BCUT2D eigenvalue weighted by molar-refractivity contribution is -0.197. The van der Waals surface area contributed by atoms with Crippen LogP contribution in [0.1, 0.15) is 49.9 Å². The minimum Gasteiger partial charge on any atom is -0.360 e. The number of ketones is 1. The van der Waals surface area contributed by atoms with Crippen molar-refractivity contribution >= 4 is 11.7 Å². The molecule has 3 rings (SSSR count). The Morgan fingerprint density at radius 3 is 2.50 bits per heavy atom. The Hall–Kier alpha value is -1.79. The van der Waals surface area contributed by atoms with Crippen LogP contribution in [0.2, 0.25) is 0 Å². The Morgan fingerprint density at radius 2 is 1.89 bits per heavy atom. The van der Waals surface area contributed by atoms with Gasteiger partial charge in [0.15, 0.2) is 5.78 Å². The van der Waals surface area contributed by atoms with Gasteiger partial charge in [0.2, 0.25) is 0 Å². The van der Waals surface area contributed by atoms with Gasteiger partial charge in [-0.15, -0.1) is 0 Å². The maximum absolute atomic E-state index is 13.0. The molecule has 28 heavy (non-hydrogen) atoms. The van der Waals surface area contributed by atoms with Crippen molar-refractivity contribution in [2.75, 3.05) is 33.2 Å². The molecule has 0 N–H and O–H groups in total. The molecule has 0 radical (unpaired) electrons. The Balaban J connectivity index is 1.46. The average molecular weight is 390 g/mol. The number of hydrogen-bond donors (Lipinski definition) is 0. The van der Waals surface area contributed by atoms with Gasteiger partial charge in [-0.25, -0.2) is 4.39 Å². The minimum atomic E-state index is -0.348. The molecule has 2 heterocycles. The molecule has 1 aromatic carbocycles. The standard InChI is InChI=1S/C22H31FN2O3/c1-16(2)20-21(27)24(3)15-22(28-20)10-13-25(14-11-22)12-4-5-19(26)17-6-8-18(23)9-7-17/h6-9,16,20H,4-5,10-15H2,1-3H3. The Bertz CT molecular complexity index is 696. The molecular formula is C22H31FN2O3. The van der Waals surface area contributed by atoms with Gasteiger partial charge in [-0.05, 0) is 56.0 Å². The smallest absolute Gasteiger partial charge is 0.251 e. The van der Waals surface area contributed by atoms with Gasteiger partial charge in [0, 0.05) is 38.7 Å². The fourth-order valence-corrected chi connectivity index (χ4v) is 4.21. The third kappa shape index (κ3) is 4.78. The number of nitrogens with zero attached hydrogens (tertiary/aromatic N) is 2. The van der Waals surface area contributed by atoms with Crippen molar-refractivity contribution in [1.82, 2.24) is 9.80 Å². The number of hydrogen-bond acceptors (Lipinski definition) is 4. The predicted octanol–water partition coefficient (Wildman–Crippen LogP) is 3.14. The number of morpholine rings is 1. The van der Waals surface area contributed by atoms with E-state index in [1.54, 1.807) is 12.1 Å². The van der Waals surface area contributed by atoms with Gasteiger partial charge in [0.05, 0.1) is 5.60 Å². The summed E-state index contributed by atoms with van der Waals surface area (Å²) in [6.07, 6.45) is 2.71. The van der Waals surface area contributed by atoms with Crippen molar-refractivity contribution in [3.63, 3.8) is 0 Å². The van der Waals surface area contributed by atoms with Gasteiger partial charge >= 0.3 is 0 Å². The van der Waals surface area contributed by atoms with E-state index in [1.165, 1.54) is 12.1 Å². The number of Topliss-reactive ketones (excluding diaryl/α,β-unsaturated/α-hetero) is 1. The van der Waals surface area contributed by atoms with E-state index < -0.39 is 0 Å². The SMILES string of the molecule is CC(C)C1OC2(CCN(CCCC(=O)c3ccc(F)cc3)CC2)CN(C)C1=O. The summed E-state index contributed by atoms with van der Waals surface area (Å²) < 4.78 is 19.3. The zero-order valence-corrected chi connectivity index (χ0v) is 17.1.